The minimum absolute atomic E-state index is 0.148. The fraction of sp³-hybridized carbons (Fsp3) is 0.724. The van der Waals surface area contributed by atoms with Gasteiger partial charge in [-0.2, -0.15) is 0 Å². The third kappa shape index (κ3) is 3.93. The molecule has 0 aromatic heterocycles. The van der Waals surface area contributed by atoms with Crippen molar-refractivity contribution in [2.45, 2.75) is 90.2 Å². The van der Waals surface area contributed by atoms with Gasteiger partial charge in [0, 0.05) is 32.5 Å². The lowest BCUT2D eigenvalue weighted by Gasteiger charge is -2.56. The average Bonchev–Trinajstić information content (AvgIpc) is 3.30. The molecule has 1 unspecified atom stereocenters. The van der Waals surface area contributed by atoms with E-state index in [9.17, 15) is 9.59 Å². The summed E-state index contributed by atoms with van der Waals surface area (Å²) in [5.74, 6) is 3.70. The zero-order valence-electron chi connectivity index (χ0n) is 20.9. The number of carbonyl (C=O) groups is 2. The molecule has 6 fully saturated rings. The van der Waals surface area contributed by atoms with Crippen LogP contribution in [0.15, 0.2) is 18.2 Å². The second-order valence-electron chi connectivity index (χ2n) is 12.2. The molecule has 4 bridgehead atoms. The number of likely N-dealkylation sites (tertiary alicyclic amines) is 2. The summed E-state index contributed by atoms with van der Waals surface area (Å²) in [4.78, 5) is 31.5. The predicted octanol–water partition coefficient (Wildman–Crippen LogP) is 4.88. The van der Waals surface area contributed by atoms with E-state index >= 15 is 0 Å². The second-order valence-corrected chi connectivity index (χ2v) is 12.2. The van der Waals surface area contributed by atoms with Crippen molar-refractivity contribution in [3.8, 4) is 5.75 Å². The first-order chi connectivity index (χ1) is 16.4. The van der Waals surface area contributed by atoms with Crippen LogP contribution < -0.4 is 4.74 Å². The molecule has 1 aromatic rings. The summed E-state index contributed by atoms with van der Waals surface area (Å²) in [6, 6.07) is 6.03. The van der Waals surface area contributed by atoms with Crippen molar-refractivity contribution in [2.24, 2.45) is 23.2 Å². The number of hydrogen-bond acceptors (Lipinski definition) is 3. The van der Waals surface area contributed by atoms with Crippen LogP contribution in [0.1, 0.15) is 75.3 Å². The van der Waals surface area contributed by atoms with Crippen molar-refractivity contribution >= 4 is 11.8 Å². The van der Waals surface area contributed by atoms with E-state index < -0.39 is 0 Å². The number of benzene rings is 1. The van der Waals surface area contributed by atoms with Gasteiger partial charge in [0.25, 0.3) is 0 Å². The maximum Gasteiger partial charge on any atom is 0.245 e. The molecule has 1 atom stereocenters. The molecule has 0 N–H and O–H groups in total. The highest BCUT2D eigenvalue weighted by Crippen LogP contribution is 2.60. The monoisotopic (exact) mass is 464 g/mol. The third-order valence-electron chi connectivity index (χ3n) is 9.83. The van der Waals surface area contributed by atoms with Gasteiger partial charge in [-0.3, -0.25) is 9.59 Å². The molecule has 2 saturated heterocycles. The molecule has 1 aromatic carbocycles. The van der Waals surface area contributed by atoms with Crippen molar-refractivity contribution in [2.75, 3.05) is 19.6 Å². The lowest BCUT2D eigenvalue weighted by Crippen LogP contribution is -2.58. The van der Waals surface area contributed by atoms with E-state index in [1.165, 1.54) is 30.4 Å². The van der Waals surface area contributed by atoms with Crippen molar-refractivity contribution in [3.05, 3.63) is 29.3 Å². The summed E-state index contributed by atoms with van der Waals surface area (Å²) < 4.78 is 6.24. The maximum atomic E-state index is 13.9. The van der Waals surface area contributed by atoms with Gasteiger partial charge in [0.1, 0.15) is 17.9 Å². The lowest BCUT2D eigenvalue weighted by atomic mass is 9.49. The molecular weight excluding hydrogens is 424 g/mol. The zero-order chi connectivity index (χ0) is 23.4. The van der Waals surface area contributed by atoms with Gasteiger partial charge >= 0.3 is 0 Å². The maximum absolute atomic E-state index is 13.9. The highest BCUT2D eigenvalue weighted by molar-refractivity contribution is 5.91. The third-order valence-corrected chi connectivity index (χ3v) is 9.83. The highest BCUT2D eigenvalue weighted by atomic mass is 16.5. The van der Waals surface area contributed by atoms with E-state index in [-0.39, 0.29) is 23.5 Å². The first-order valence-corrected chi connectivity index (χ1v) is 13.7. The largest absolute Gasteiger partial charge is 0.490 e. The standard InChI is InChI=1S/C29H40N2O3/c1-19-5-6-25(12-20(19)2)34-24-7-10-30(11-8-24)27(32)26-4-3-9-31(26)28(33)29-16-21-13-22(17-29)15-23(14-21)18-29/h5-6,12,21-24,26H,3-4,7-11,13-18H2,1-2H3. The van der Waals surface area contributed by atoms with Crippen molar-refractivity contribution in [3.63, 3.8) is 0 Å². The first-order valence-electron chi connectivity index (χ1n) is 13.7. The van der Waals surface area contributed by atoms with E-state index in [2.05, 4.69) is 26.0 Å². The van der Waals surface area contributed by atoms with E-state index in [0.717, 1.165) is 88.1 Å². The molecule has 34 heavy (non-hydrogen) atoms. The van der Waals surface area contributed by atoms with E-state index in [0.29, 0.717) is 5.91 Å². The molecule has 0 radical (unpaired) electrons. The van der Waals surface area contributed by atoms with Crippen LogP contribution >= 0.6 is 0 Å². The molecule has 5 nitrogen and oxygen atoms in total. The van der Waals surface area contributed by atoms with Crippen LogP contribution in [-0.2, 0) is 9.59 Å². The quantitative estimate of drug-likeness (QED) is 0.638. The van der Waals surface area contributed by atoms with Gasteiger partial charge in [-0.15, -0.1) is 0 Å². The van der Waals surface area contributed by atoms with E-state index in [1.54, 1.807) is 0 Å². The minimum Gasteiger partial charge on any atom is -0.490 e. The van der Waals surface area contributed by atoms with Gasteiger partial charge in [0.15, 0.2) is 0 Å². The fourth-order valence-corrected chi connectivity index (χ4v) is 8.33. The molecule has 2 heterocycles. The smallest absolute Gasteiger partial charge is 0.245 e. The van der Waals surface area contributed by atoms with Crippen LogP contribution in [0.4, 0.5) is 0 Å². The Labute approximate surface area is 204 Å². The second kappa shape index (κ2) is 8.57. The number of ether oxygens (including phenoxy) is 1. The Morgan fingerprint density at radius 3 is 2.15 bits per heavy atom. The average molecular weight is 465 g/mol. The van der Waals surface area contributed by atoms with E-state index in [4.69, 9.17) is 4.74 Å². The highest BCUT2D eigenvalue weighted by Gasteiger charge is 2.57. The molecule has 0 spiro atoms. The summed E-state index contributed by atoms with van der Waals surface area (Å²) >= 11 is 0. The lowest BCUT2D eigenvalue weighted by molar-refractivity contribution is -0.162. The Morgan fingerprint density at radius 2 is 1.53 bits per heavy atom. The number of nitrogens with zero attached hydrogens (tertiary/aromatic N) is 2. The molecule has 5 heteroatoms. The molecule has 2 amide bonds. The van der Waals surface area contributed by atoms with Crippen molar-refractivity contribution in [1.82, 2.24) is 9.80 Å². The molecule has 7 rings (SSSR count). The summed E-state index contributed by atoms with van der Waals surface area (Å²) in [5.41, 5.74) is 2.37. The first kappa shape index (κ1) is 22.4. The number of aryl methyl sites for hydroxylation is 2. The van der Waals surface area contributed by atoms with Crippen molar-refractivity contribution < 1.29 is 14.3 Å². The fourth-order valence-electron chi connectivity index (χ4n) is 8.33. The number of hydrogen-bond donors (Lipinski definition) is 0. The van der Waals surface area contributed by atoms with Crippen molar-refractivity contribution in [1.29, 1.82) is 0 Å². The Hall–Kier alpha value is -2.04. The Bertz CT molecular complexity index is 929. The van der Waals surface area contributed by atoms with Crippen LogP contribution in [0.3, 0.4) is 0 Å². The predicted molar refractivity (Wildman–Crippen MR) is 131 cm³/mol. The van der Waals surface area contributed by atoms with Crippen LogP contribution in [0.25, 0.3) is 0 Å². The SMILES string of the molecule is Cc1ccc(OC2CCN(C(=O)C3CCCN3C(=O)C34CC5CC(CC(C5)C3)C4)CC2)cc1C. The molecule has 6 aliphatic rings. The summed E-state index contributed by atoms with van der Waals surface area (Å²) in [6.07, 6.45) is 10.9. The Balaban J connectivity index is 1.08. The Kier molecular flexibility index (Phi) is 5.65. The van der Waals surface area contributed by atoms with Gasteiger partial charge in [0.2, 0.25) is 11.8 Å². The van der Waals surface area contributed by atoms with Gasteiger partial charge in [-0.25, -0.2) is 0 Å². The summed E-state index contributed by atoms with van der Waals surface area (Å²) in [5, 5.41) is 0. The van der Waals surface area contributed by atoms with Crippen LogP contribution in [0.2, 0.25) is 0 Å². The normalized spacial score (nSPS) is 35.1. The van der Waals surface area contributed by atoms with Gasteiger partial charge in [-0.1, -0.05) is 6.07 Å². The summed E-state index contributed by atoms with van der Waals surface area (Å²) in [6.45, 7) is 6.45. The molecule has 4 aliphatic carbocycles. The summed E-state index contributed by atoms with van der Waals surface area (Å²) in [7, 11) is 0. The topological polar surface area (TPSA) is 49.9 Å². The Morgan fingerprint density at radius 1 is 0.882 bits per heavy atom. The number of carbonyl (C=O) groups excluding carboxylic acids is 2. The number of amides is 2. The molecule has 4 saturated carbocycles. The molecule has 2 aliphatic heterocycles. The molecule has 184 valence electrons. The van der Waals surface area contributed by atoms with E-state index in [1.807, 2.05) is 15.9 Å². The number of piperidine rings is 1. The van der Waals surface area contributed by atoms with Crippen LogP contribution in [0, 0.1) is 37.0 Å². The molecular formula is C29H40N2O3. The van der Waals surface area contributed by atoms with Gasteiger partial charge in [0.05, 0.1) is 5.41 Å². The number of rotatable bonds is 4. The van der Waals surface area contributed by atoms with Crippen LogP contribution in [0.5, 0.6) is 5.75 Å². The van der Waals surface area contributed by atoms with Gasteiger partial charge in [-0.05, 0) is 106 Å². The van der Waals surface area contributed by atoms with Gasteiger partial charge < -0.3 is 14.5 Å². The van der Waals surface area contributed by atoms with Crippen LogP contribution in [-0.4, -0.2) is 53.4 Å². The minimum atomic E-state index is -0.238. The zero-order valence-corrected chi connectivity index (χ0v) is 20.9.